The van der Waals surface area contributed by atoms with Gasteiger partial charge in [0.2, 0.25) is 0 Å². The van der Waals surface area contributed by atoms with Gasteiger partial charge in [0.15, 0.2) is 0 Å². The highest BCUT2D eigenvalue weighted by atomic mass is 35.5. The van der Waals surface area contributed by atoms with E-state index in [9.17, 15) is 0 Å². The van der Waals surface area contributed by atoms with Crippen molar-refractivity contribution >= 4 is 22.9 Å². The van der Waals surface area contributed by atoms with Gasteiger partial charge in [-0.3, -0.25) is 4.90 Å². The molecule has 2 heterocycles. The fraction of sp³-hybridized carbons (Fsp3) is 0.769. The van der Waals surface area contributed by atoms with E-state index in [0.717, 1.165) is 30.2 Å². The minimum Gasteiger partial charge on any atom is -0.377 e. The monoisotopic (exact) mass is 304 g/mol. The maximum absolute atomic E-state index is 5.83. The van der Waals surface area contributed by atoms with E-state index in [4.69, 9.17) is 21.1 Å². The van der Waals surface area contributed by atoms with Crippen LogP contribution in [0.4, 0.5) is 0 Å². The molecule has 0 spiro atoms. The summed E-state index contributed by atoms with van der Waals surface area (Å²) in [5, 5.41) is 3.19. The molecule has 2 rings (SSSR count). The summed E-state index contributed by atoms with van der Waals surface area (Å²) >= 11 is 7.52. The molecule has 0 aliphatic carbocycles. The van der Waals surface area contributed by atoms with Crippen molar-refractivity contribution in [2.24, 2.45) is 0 Å². The third-order valence-corrected chi connectivity index (χ3v) is 4.94. The van der Waals surface area contributed by atoms with Crippen molar-refractivity contribution in [3.8, 4) is 0 Å². The first-order valence-corrected chi connectivity index (χ1v) is 7.94. The van der Waals surface area contributed by atoms with Crippen LogP contribution in [0.25, 0.3) is 0 Å². The van der Waals surface area contributed by atoms with Crippen molar-refractivity contribution in [3.63, 3.8) is 0 Å². The van der Waals surface area contributed by atoms with Gasteiger partial charge >= 0.3 is 0 Å². The first-order valence-electron chi connectivity index (χ1n) is 6.53. The fourth-order valence-corrected chi connectivity index (χ4v) is 3.87. The van der Waals surface area contributed by atoms with Crippen LogP contribution in [0.1, 0.15) is 30.1 Å². The SMILES string of the molecule is CCC(c1nc(CCl)cs1)N1CC(OC)C(OC)C1. The van der Waals surface area contributed by atoms with Crippen LogP contribution >= 0.6 is 22.9 Å². The maximum Gasteiger partial charge on any atom is 0.110 e. The number of aromatic nitrogens is 1. The van der Waals surface area contributed by atoms with Crippen molar-refractivity contribution in [1.29, 1.82) is 0 Å². The number of hydrogen-bond acceptors (Lipinski definition) is 5. The molecule has 1 saturated heterocycles. The number of methoxy groups -OCH3 is 2. The Labute approximate surface area is 123 Å². The molecule has 19 heavy (non-hydrogen) atoms. The first kappa shape index (κ1) is 15.2. The van der Waals surface area contributed by atoms with E-state index >= 15 is 0 Å². The van der Waals surface area contributed by atoms with Gasteiger partial charge in [0.25, 0.3) is 0 Å². The molecular formula is C13H21ClN2O2S. The predicted molar refractivity (Wildman–Crippen MR) is 77.9 cm³/mol. The number of ether oxygens (including phenoxy) is 2. The molecule has 1 aromatic rings. The van der Waals surface area contributed by atoms with Gasteiger partial charge in [-0.1, -0.05) is 6.92 Å². The molecule has 0 saturated carbocycles. The molecule has 0 radical (unpaired) electrons. The lowest BCUT2D eigenvalue weighted by atomic mass is 10.2. The number of nitrogens with zero attached hydrogens (tertiary/aromatic N) is 2. The van der Waals surface area contributed by atoms with E-state index in [1.165, 1.54) is 0 Å². The Morgan fingerprint density at radius 3 is 2.47 bits per heavy atom. The smallest absolute Gasteiger partial charge is 0.110 e. The number of rotatable bonds is 6. The summed E-state index contributed by atoms with van der Waals surface area (Å²) in [6, 6.07) is 0.333. The van der Waals surface area contributed by atoms with Crippen LogP contribution in [0, 0.1) is 0 Å². The third-order valence-electron chi connectivity index (χ3n) is 3.67. The Bertz CT molecular complexity index is 390. The third kappa shape index (κ3) is 3.28. The summed E-state index contributed by atoms with van der Waals surface area (Å²) in [7, 11) is 3.49. The van der Waals surface area contributed by atoms with E-state index in [-0.39, 0.29) is 12.2 Å². The van der Waals surface area contributed by atoms with Crippen LogP contribution in [0.15, 0.2) is 5.38 Å². The number of thiazole rings is 1. The molecule has 0 aromatic carbocycles. The van der Waals surface area contributed by atoms with E-state index in [1.54, 1.807) is 25.6 Å². The van der Waals surface area contributed by atoms with Crippen LogP contribution in [0.5, 0.6) is 0 Å². The summed E-state index contributed by atoms with van der Waals surface area (Å²) in [5.41, 5.74) is 0.964. The van der Waals surface area contributed by atoms with Gasteiger partial charge in [0.1, 0.15) is 5.01 Å². The van der Waals surface area contributed by atoms with Gasteiger partial charge in [-0.15, -0.1) is 22.9 Å². The number of alkyl halides is 1. The second-order valence-corrected chi connectivity index (χ2v) is 5.89. The van der Waals surface area contributed by atoms with Crippen LogP contribution in [-0.4, -0.2) is 49.4 Å². The zero-order chi connectivity index (χ0) is 13.8. The fourth-order valence-electron chi connectivity index (χ4n) is 2.61. The van der Waals surface area contributed by atoms with Crippen molar-refractivity contribution in [2.45, 2.75) is 37.5 Å². The average Bonchev–Trinajstić information content (AvgIpc) is 3.06. The molecule has 0 bridgehead atoms. The van der Waals surface area contributed by atoms with Crippen LogP contribution < -0.4 is 0 Å². The highest BCUT2D eigenvalue weighted by molar-refractivity contribution is 7.09. The van der Waals surface area contributed by atoms with Gasteiger partial charge in [-0.2, -0.15) is 0 Å². The number of hydrogen-bond donors (Lipinski definition) is 0. The summed E-state index contributed by atoms with van der Waals surface area (Å²) in [6.07, 6.45) is 1.32. The molecule has 0 amide bonds. The molecule has 1 aromatic heterocycles. The molecule has 4 nitrogen and oxygen atoms in total. The second kappa shape index (κ2) is 6.99. The largest absolute Gasteiger partial charge is 0.377 e. The lowest BCUT2D eigenvalue weighted by molar-refractivity contribution is -0.00461. The van der Waals surface area contributed by atoms with Crippen molar-refractivity contribution < 1.29 is 9.47 Å². The van der Waals surface area contributed by atoms with Crippen molar-refractivity contribution in [3.05, 3.63) is 16.1 Å². The van der Waals surface area contributed by atoms with Gasteiger partial charge in [-0.05, 0) is 6.42 Å². The second-order valence-electron chi connectivity index (χ2n) is 4.74. The zero-order valence-corrected chi connectivity index (χ0v) is 13.2. The molecule has 1 fully saturated rings. The minimum atomic E-state index is 0.145. The lowest BCUT2D eigenvalue weighted by Crippen LogP contribution is -2.27. The van der Waals surface area contributed by atoms with E-state index in [2.05, 4.69) is 16.8 Å². The molecule has 0 N–H and O–H groups in total. The van der Waals surface area contributed by atoms with Gasteiger partial charge < -0.3 is 9.47 Å². The maximum atomic E-state index is 5.83. The Kier molecular flexibility index (Phi) is 5.59. The first-order chi connectivity index (χ1) is 9.23. The molecule has 108 valence electrons. The number of halogens is 1. The predicted octanol–water partition coefficient (Wildman–Crippen LogP) is 2.68. The molecule has 3 atom stereocenters. The summed E-state index contributed by atoms with van der Waals surface area (Å²) < 4.78 is 11.0. The van der Waals surface area contributed by atoms with E-state index in [1.807, 2.05) is 5.38 Å². The average molecular weight is 305 g/mol. The zero-order valence-electron chi connectivity index (χ0n) is 11.6. The lowest BCUT2D eigenvalue weighted by Gasteiger charge is -2.24. The summed E-state index contributed by atoms with van der Waals surface area (Å²) in [5.74, 6) is 0.480. The summed E-state index contributed by atoms with van der Waals surface area (Å²) in [4.78, 5) is 7.01. The van der Waals surface area contributed by atoms with Crippen LogP contribution in [-0.2, 0) is 15.4 Å². The molecule has 3 unspecified atom stereocenters. The van der Waals surface area contributed by atoms with Gasteiger partial charge in [0, 0.05) is 32.7 Å². The quantitative estimate of drug-likeness (QED) is 0.757. The Hall–Kier alpha value is -0.200. The van der Waals surface area contributed by atoms with E-state index < -0.39 is 0 Å². The normalized spacial score (nSPS) is 25.9. The van der Waals surface area contributed by atoms with Crippen LogP contribution in [0.3, 0.4) is 0 Å². The molecule has 6 heteroatoms. The highest BCUT2D eigenvalue weighted by Crippen LogP contribution is 2.31. The highest BCUT2D eigenvalue weighted by Gasteiger charge is 2.37. The van der Waals surface area contributed by atoms with Gasteiger partial charge in [-0.25, -0.2) is 4.98 Å². The minimum absolute atomic E-state index is 0.145. The van der Waals surface area contributed by atoms with Crippen LogP contribution in [0.2, 0.25) is 0 Å². The standard InChI is InChI=1S/C13H21ClN2O2S/c1-4-10(13-15-9(5-14)8-19-13)16-6-11(17-2)12(7-16)18-3/h8,10-12H,4-7H2,1-3H3. The molecular weight excluding hydrogens is 284 g/mol. The summed E-state index contributed by atoms with van der Waals surface area (Å²) in [6.45, 7) is 3.97. The molecule has 1 aliphatic heterocycles. The van der Waals surface area contributed by atoms with Crippen molar-refractivity contribution in [1.82, 2.24) is 9.88 Å². The van der Waals surface area contributed by atoms with Crippen molar-refractivity contribution in [2.75, 3.05) is 27.3 Å². The van der Waals surface area contributed by atoms with E-state index in [0.29, 0.717) is 11.9 Å². The Balaban J connectivity index is 2.10. The Morgan fingerprint density at radius 2 is 2.05 bits per heavy atom. The number of likely N-dealkylation sites (tertiary alicyclic amines) is 1. The molecule has 1 aliphatic rings. The Morgan fingerprint density at radius 1 is 1.42 bits per heavy atom. The van der Waals surface area contributed by atoms with Gasteiger partial charge in [0.05, 0.1) is 29.8 Å². The topological polar surface area (TPSA) is 34.6 Å².